The first-order valence-electron chi connectivity index (χ1n) is 2.83. The largest absolute Gasteiger partial charge is 0.524 e. The van der Waals surface area contributed by atoms with Gasteiger partial charge in [0.25, 0.3) is 0 Å². The average Bonchev–Trinajstić information content (AvgIpc) is 1.81. The van der Waals surface area contributed by atoms with Crippen LogP contribution in [-0.2, 0) is 13.7 Å². The second kappa shape index (κ2) is 3.84. The molecule has 3 nitrogen and oxygen atoms in total. The molecule has 0 amide bonds. The lowest BCUT2D eigenvalue weighted by Gasteiger charge is -2.07. The van der Waals surface area contributed by atoms with E-state index < -0.39 is 15.6 Å². The third-order valence-electron chi connectivity index (χ3n) is 0.605. The quantitative estimate of drug-likeness (QED) is 0.542. The molecule has 0 unspecified atom stereocenters. The summed E-state index contributed by atoms with van der Waals surface area (Å²) in [5.74, 6) is 0. The lowest BCUT2D eigenvalue weighted by Crippen LogP contribution is -2.23. The summed E-state index contributed by atoms with van der Waals surface area (Å²) in [5, 5.41) is -0.345. The molecule has 12 heavy (non-hydrogen) atoms. The first-order valence-corrected chi connectivity index (χ1v) is 5.04. The summed E-state index contributed by atoms with van der Waals surface area (Å²) < 4.78 is 58.7. The molecule has 0 rings (SSSR count). The topological polar surface area (TPSA) is 43.4 Å². The van der Waals surface area contributed by atoms with Crippen molar-refractivity contribution >= 4 is 22.2 Å². The van der Waals surface area contributed by atoms with Crippen molar-refractivity contribution in [3.63, 3.8) is 0 Å². The summed E-state index contributed by atoms with van der Waals surface area (Å²) in [4.78, 5) is 0. The zero-order valence-electron chi connectivity index (χ0n) is 6.25. The lowest BCUT2D eigenvalue weighted by molar-refractivity contribution is -0.0494. The van der Waals surface area contributed by atoms with E-state index in [2.05, 4.69) is 3.63 Å². The number of hydrogen-bond acceptors (Lipinski definition) is 4. The molecule has 0 saturated heterocycles. The molecule has 0 aliphatic heterocycles. The van der Waals surface area contributed by atoms with Crippen molar-refractivity contribution in [3.05, 3.63) is 0 Å². The highest BCUT2D eigenvalue weighted by Crippen LogP contribution is 2.29. The third kappa shape index (κ3) is 3.63. The van der Waals surface area contributed by atoms with Gasteiger partial charge in [-0.2, -0.15) is 25.2 Å². The fraction of sp³-hybridized carbons (Fsp3) is 1.00. The number of hydrogen-bond donors (Lipinski definition) is 0. The molecule has 0 radical (unpaired) electrons. The van der Waals surface area contributed by atoms with Gasteiger partial charge < -0.3 is 0 Å². The van der Waals surface area contributed by atoms with Crippen molar-refractivity contribution in [1.29, 1.82) is 0 Å². The van der Waals surface area contributed by atoms with Crippen LogP contribution in [0, 0.1) is 0 Å². The van der Waals surface area contributed by atoms with Gasteiger partial charge in [0.15, 0.2) is 0 Å². The number of halogens is 3. The third-order valence-corrected chi connectivity index (χ3v) is 2.59. The van der Waals surface area contributed by atoms with Crippen LogP contribution in [0.3, 0.4) is 0 Å². The zero-order valence-corrected chi connectivity index (χ0v) is 7.89. The molecule has 0 aromatic carbocycles. The van der Waals surface area contributed by atoms with E-state index in [1.165, 1.54) is 13.8 Å². The van der Waals surface area contributed by atoms with Gasteiger partial charge in [0, 0.05) is 17.3 Å². The molecule has 0 N–H and O–H groups in total. The van der Waals surface area contributed by atoms with E-state index in [0.717, 1.165) is 0 Å². The van der Waals surface area contributed by atoms with Gasteiger partial charge in [-0.3, -0.25) is 0 Å². The molecule has 0 atom stereocenters. The Hall–Kier alpha value is 0.0500. The van der Waals surface area contributed by atoms with Crippen LogP contribution in [0.25, 0.3) is 0 Å². The normalized spacial score (nSPS) is 13.8. The van der Waals surface area contributed by atoms with Gasteiger partial charge in [-0.1, -0.05) is 13.8 Å². The Kier molecular flexibility index (Phi) is 3.86. The Labute approximate surface area is 72.6 Å². The van der Waals surface area contributed by atoms with E-state index in [-0.39, 0.29) is 17.3 Å². The Bertz CT molecular complexity index is 230. The molecule has 0 saturated carbocycles. The van der Waals surface area contributed by atoms with Crippen molar-refractivity contribution in [3.8, 4) is 0 Å². The van der Waals surface area contributed by atoms with E-state index >= 15 is 0 Å². The molecule has 0 aliphatic carbocycles. The molecule has 0 aliphatic rings. The fourth-order valence-electron chi connectivity index (χ4n) is 0.169. The van der Waals surface area contributed by atoms with Crippen molar-refractivity contribution in [2.45, 2.75) is 24.6 Å². The minimum Gasteiger partial charge on any atom is -0.191 e. The van der Waals surface area contributed by atoms with Gasteiger partial charge in [0.1, 0.15) is 0 Å². The van der Waals surface area contributed by atoms with Gasteiger partial charge in [-0.05, 0) is 0 Å². The summed E-state index contributed by atoms with van der Waals surface area (Å²) in [5.41, 5.74) is -5.34. The summed E-state index contributed by atoms with van der Waals surface area (Å²) in [6, 6.07) is 0. The molecular weight excluding hydrogens is 217 g/mol. The van der Waals surface area contributed by atoms with Crippen molar-refractivity contribution in [2.75, 3.05) is 0 Å². The second-order valence-electron chi connectivity index (χ2n) is 2.11. The molecule has 74 valence electrons. The van der Waals surface area contributed by atoms with Crippen LogP contribution in [0.2, 0.25) is 0 Å². The molecule has 0 spiro atoms. The first kappa shape index (κ1) is 12.0. The van der Waals surface area contributed by atoms with Crippen molar-refractivity contribution in [1.82, 2.24) is 0 Å². The first-order chi connectivity index (χ1) is 5.17. The predicted octanol–water partition coefficient (Wildman–Crippen LogP) is 1.91. The Morgan fingerprint density at radius 1 is 1.33 bits per heavy atom. The predicted molar refractivity (Wildman–Crippen MR) is 38.8 cm³/mol. The van der Waals surface area contributed by atoms with Crippen LogP contribution in [0.4, 0.5) is 13.2 Å². The van der Waals surface area contributed by atoms with Gasteiger partial charge in [-0.25, -0.2) is 0 Å². The highest BCUT2D eigenvalue weighted by molar-refractivity contribution is 8.05. The van der Waals surface area contributed by atoms with Crippen molar-refractivity contribution < 1.29 is 25.2 Å². The smallest absolute Gasteiger partial charge is 0.191 e. The van der Waals surface area contributed by atoms with E-state index in [1.807, 2.05) is 0 Å². The molecule has 0 aromatic heterocycles. The van der Waals surface area contributed by atoms with Gasteiger partial charge in [-0.15, -0.1) is 0 Å². The average molecular weight is 224 g/mol. The number of rotatable bonds is 3. The maximum Gasteiger partial charge on any atom is 0.524 e. The molecule has 8 heteroatoms. The highest BCUT2D eigenvalue weighted by atomic mass is 32.3. The highest BCUT2D eigenvalue weighted by Gasteiger charge is 2.47. The molecule has 0 heterocycles. The Balaban J connectivity index is 4.27. The lowest BCUT2D eigenvalue weighted by atomic mass is 10.6. The van der Waals surface area contributed by atoms with Crippen LogP contribution in [0.15, 0.2) is 0 Å². The van der Waals surface area contributed by atoms with Crippen molar-refractivity contribution in [2.24, 2.45) is 0 Å². The summed E-state index contributed by atoms with van der Waals surface area (Å²) in [6.07, 6.45) is 0. The minimum absolute atomic E-state index is 0.257. The van der Waals surface area contributed by atoms with Gasteiger partial charge >= 0.3 is 15.6 Å². The summed E-state index contributed by atoms with van der Waals surface area (Å²) in [7, 11) is -5.43. The van der Waals surface area contributed by atoms with E-state index in [9.17, 15) is 21.6 Å². The molecule has 0 bridgehead atoms. The summed E-state index contributed by atoms with van der Waals surface area (Å²) in [6.45, 7) is 3.02. The van der Waals surface area contributed by atoms with Gasteiger partial charge in [0.2, 0.25) is 0 Å². The van der Waals surface area contributed by atoms with Crippen LogP contribution < -0.4 is 0 Å². The van der Waals surface area contributed by atoms with Crippen LogP contribution >= 0.6 is 12.0 Å². The maximum atomic E-state index is 11.6. The monoisotopic (exact) mass is 224 g/mol. The second-order valence-corrected chi connectivity index (χ2v) is 5.16. The van der Waals surface area contributed by atoms with Gasteiger partial charge in [0.05, 0.1) is 0 Å². The Morgan fingerprint density at radius 3 is 2.00 bits per heavy atom. The zero-order chi connectivity index (χ0) is 9.99. The van der Waals surface area contributed by atoms with E-state index in [4.69, 9.17) is 0 Å². The molecular formula is C4H7F3O3S2. The van der Waals surface area contributed by atoms with E-state index in [1.54, 1.807) is 0 Å². The Morgan fingerprint density at radius 2 is 1.75 bits per heavy atom. The molecule has 0 fully saturated rings. The SMILES string of the molecule is CC(C)SOS(=O)(=O)C(F)(F)F. The maximum absolute atomic E-state index is 11.6. The number of alkyl halides is 3. The molecule has 0 aromatic rings. The van der Waals surface area contributed by atoms with Crippen LogP contribution in [0.1, 0.15) is 13.8 Å². The van der Waals surface area contributed by atoms with Crippen LogP contribution in [0.5, 0.6) is 0 Å². The standard InChI is InChI=1S/C4H7F3O3S2/c1-3(2)11-10-12(8,9)4(5,6)7/h3H,1-2H3. The summed E-state index contributed by atoms with van der Waals surface area (Å²) >= 11 is 0.257. The van der Waals surface area contributed by atoms with Crippen LogP contribution in [-0.4, -0.2) is 19.2 Å². The van der Waals surface area contributed by atoms with E-state index in [0.29, 0.717) is 0 Å². The minimum atomic E-state index is -5.43. The fourth-order valence-corrected chi connectivity index (χ4v) is 1.52.